The van der Waals surface area contributed by atoms with Crippen molar-refractivity contribution >= 4 is 11.3 Å². The Morgan fingerprint density at radius 2 is 2.11 bits per heavy atom. The fourth-order valence-electron chi connectivity index (χ4n) is 2.41. The topological polar surface area (TPSA) is 24.9 Å². The van der Waals surface area contributed by atoms with E-state index in [0.29, 0.717) is 5.41 Å². The number of rotatable bonds is 6. The first-order valence-corrected chi connectivity index (χ1v) is 7.93. The summed E-state index contributed by atoms with van der Waals surface area (Å²) in [6, 6.07) is 0. The van der Waals surface area contributed by atoms with Crippen molar-refractivity contribution < 1.29 is 0 Å². The molecule has 1 heterocycles. The highest BCUT2D eigenvalue weighted by atomic mass is 32.1. The smallest absolute Gasteiger partial charge is 0.0981 e. The molecular weight excluding hydrogens is 240 g/mol. The van der Waals surface area contributed by atoms with Crippen molar-refractivity contribution in [3.63, 3.8) is 0 Å². The van der Waals surface area contributed by atoms with Crippen LogP contribution in [-0.4, -0.2) is 11.5 Å². The Morgan fingerprint density at radius 1 is 1.39 bits per heavy atom. The van der Waals surface area contributed by atoms with Crippen LogP contribution < -0.4 is 5.32 Å². The molecule has 0 aromatic carbocycles. The van der Waals surface area contributed by atoms with Gasteiger partial charge in [-0.1, -0.05) is 34.1 Å². The molecule has 2 rings (SSSR count). The minimum absolute atomic E-state index is 0.183. The summed E-state index contributed by atoms with van der Waals surface area (Å²) >= 11 is 1.85. The van der Waals surface area contributed by atoms with Crippen LogP contribution in [0.4, 0.5) is 0 Å². The highest BCUT2D eigenvalue weighted by molar-refractivity contribution is 7.11. The van der Waals surface area contributed by atoms with E-state index >= 15 is 0 Å². The molecule has 1 aliphatic rings. The van der Waals surface area contributed by atoms with Gasteiger partial charge in [0, 0.05) is 29.6 Å². The van der Waals surface area contributed by atoms with E-state index in [1.54, 1.807) is 0 Å². The minimum atomic E-state index is 0.183. The lowest BCUT2D eigenvalue weighted by molar-refractivity contribution is 0.421. The number of thiazole rings is 1. The van der Waals surface area contributed by atoms with Gasteiger partial charge in [-0.3, -0.25) is 0 Å². The van der Waals surface area contributed by atoms with Crippen molar-refractivity contribution in [2.45, 2.75) is 65.3 Å². The Balaban J connectivity index is 1.79. The summed E-state index contributed by atoms with van der Waals surface area (Å²) in [4.78, 5) is 5.90. The van der Waals surface area contributed by atoms with Crippen LogP contribution in [0, 0.1) is 5.41 Å². The quantitative estimate of drug-likeness (QED) is 0.838. The molecule has 0 saturated heterocycles. The van der Waals surface area contributed by atoms with Crippen LogP contribution in [0.3, 0.4) is 0 Å². The van der Waals surface area contributed by atoms with Crippen molar-refractivity contribution in [2.24, 2.45) is 5.41 Å². The van der Waals surface area contributed by atoms with E-state index in [-0.39, 0.29) is 5.41 Å². The van der Waals surface area contributed by atoms with Gasteiger partial charge in [0.25, 0.3) is 0 Å². The van der Waals surface area contributed by atoms with Gasteiger partial charge in [-0.05, 0) is 24.7 Å². The van der Waals surface area contributed by atoms with Crippen molar-refractivity contribution in [2.75, 3.05) is 6.54 Å². The zero-order valence-corrected chi connectivity index (χ0v) is 13.0. The van der Waals surface area contributed by atoms with Gasteiger partial charge in [0.1, 0.15) is 0 Å². The molecule has 0 amide bonds. The number of aromatic nitrogens is 1. The summed E-state index contributed by atoms with van der Waals surface area (Å²) < 4.78 is 0. The molecule has 0 aliphatic heterocycles. The van der Waals surface area contributed by atoms with E-state index in [1.807, 2.05) is 17.5 Å². The average Bonchev–Trinajstić information content (AvgIpc) is 2.86. The molecule has 1 aliphatic carbocycles. The minimum Gasteiger partial charge on any atom is -0.311 e. The number of hydrogen-bond donors (Lipinski definition) is 1. The maximum Gasteiger partial charge on any atom is 0.0981 e. The van der Waals surface area contributed by atoms with Crippen LogP contribution in [0.25, 0.3) is 0 Å². The fraction of sp³-hybridized carbons (Fsp3) is 0.800. The van der Waals surface area contributed by atoms with E-state index in [2.05, 4.69) is 38.0 Å². The molecule has 0 spiro atoms. The van der Waals surface area contributed by atoms with Crippen molar-refractivity contribution in [1.82, 2.24) is 10.3 Å². The zero-order chi connectivity index (χ0) is 13.2. The first-order chi connectivity index (χ1) is 8.45. The van der Waals surface area contributed by atoms with Crippen LogP contribution in [-0.2, 0) is 12.0 Å². The van der Waals surface area contributed by atoms with Crippen molar-refractivity contribution in [1.29, 1.82) is 0 Å². The Morgan fingerprint density at radius 3 is 2.61 bits per heavy atom. The molecular formula is C15H26N2S. The Bertz CT molecular complexity index is 385. The zero-order valence-electron chi connectivity index (χ0n) is 12.2. The maximum absolute atomic E-state index is 4.53. The Labute approximate surface area is 115 Å². The molecule has 18 heavy (non-hydrogen) atoms. The first-order valence-electron chi connectivity index (χ1n) is 7.11. The van der Waals surface area contributed by atoms with Crippen molar-refractivity contribution in [3.05, 3.63) is 16.1 Å². The standard InChI is InChI=1S/C15H26N2S/c1-5-6-15(7-8-15)11-16-9-12-10-17-13(18-12)14(2,3)4/h10,16H,5-9,11H2,1-4H3. The fourth-order valence-corrected chi connectivity index (χ4v) is 3.35. The Hall–Kier alpha value is -0.410. The number of nitrogens with zero attached hydrogens (tertiary/aromatic N) is 1. The third-order valence-electron chi connectivity index (χ3n) is 3.73. The third kappa shape index (κ3) is 3.55. The summed E-state index contributed by atoms with van der Waals surface area (Å²) in [5.41, 5.74) is 0.829. The van der Waals surface area contributed by atoms with E-state index < -0.39 is 0 Å². The second kappa shape index (κ2) is 5.30. The number of nitrogens with one attached hydrogen (secondary N) is 1. The van der Waals surface area contributed by atoms with Gasteiger partial charge in [0.05, 0.1) is 5.01 Å². The summed E-state index contributed by atoms with van der Waals surface area (Å²) in [5, 5.41) is 4.87. The largest absolute Gasteiger partial charge is 0.311 e. The van der Waals surface area contributed by atoms with Crippen LogP contribution in [0.2, 0.25) is 0 Å². The van der Waals surface area contributed by atoms with Gasteiger partial charge in [-0.15, -0.1) is 11.3 Å². The molecule has 3 heteroatoms. The summed E-state index contributed by atoms with van der Waals surface area (Å²) in [5.74, 6) is 0. The van der Waals surface area contributed by atoms with E-state index in [4.69, 9.17) is 0 Å². The summed E-state index contributed by atoms with van der Waals surface area (Å²) in [6.07, 6.45) is 7.58. The molecule has 1 saturated carbocycles. The molecule has 1 N–H and O–H groups in total. The maximum atomic E-state index is 4.53. The summed E-state index contributed by atoms with van der Waals surface area (Å²) in [6.45, 7) is 11.1. The van der Waals surface area contributed by atoms with Crippen LogP contribution in [0.5, 0.6) is 0 Å². The molecule has 0 unspecified atom stereocenters. The third-order valence-corrected chi connectivity index (χ3v) is 5.15. The molecule has 0 bridgehead atoms. The molecule has 0 radical (unpaired) electrons. The van der Waals surface area contributed by atoms with Crippen molar-refractivity contribution in [3.8, 4) is 0 Å². The molecule has 1 aromatic heterocycles. The molecule has 0 atom stereocenters. The van der Waals surface area contributed by atoms with E-state index in [0.717, 1.165) is 6.54 Å². The van der Waals surface area contributed by atoms with Gasteiger partial charge in [-0.2, -0.15) is 0 Å². The predicted octanol–water partition coefficient (Wildman–Crippen LogP) is 4.11. The lowest BCUT2D eigenvalue weighted by Gasteiger charge is -2.14. The van der Waals surface area contributed by atoms with Crippen LogP contribution >= 0.6 is 11.3 Å². The monoisotopic (exact) mass is 266 g/mol. The van der Waals surface area contributed by atoms with Gasteiger partial charge in [-0.25, -0.2) is 4.98 Å². The first kappa shape index (κ1) is 14.0. The second-order valence-corrected chi connectivity index (χ2v) is 7.85. The van der Waals surface area contributed by atoms with E-state index in [1.165, 1.54) is 42.1 Å². The Kier molecular flexibility index (Phi) is 4.12. The normalized spacial score (nSPS) is 18.0. The van der Waals surface area contributed by atoms with Gasteiger partial charge in [0.15, 0.2) is 0 Å². The highest BCUT2D eigenvalue weighted by Crippen LogP contribution is 2.48. The molecule has 1 fully saturated rings. The van der Waals surface area contributed by atoms with Gasteiger partial charge in [0.2, 0.25) is 0 Å². The highest BCUT2D eigenvalue weighted by Gasteiger charge is 2.40. The SMILES string of the molecule is CCCC1(CNCc2cnc(C(C)(C)C)s2)CC1. The van der Waals surface area contributed by atoms with Gasteiger partial charge >= 0.3 is 0 Å². The average molecular weight is 266 g/mol. The lowest BCUT2D eigenvalue weighted by atomic mass is 9.98. The lowest BCUT2D eigenvalue weighted by Crippen LogP contribution is -2.23. The van der Waals surface area contributed by atoms with Crippen LogP contribution in [0.1, 0.15) is 63.3 Å². The molecule has 2 nitrogen and oxygen atoms in total. The van der Waals surface area contributed by atoms with E-state index in [9.17, 15) is 0 Å². The predicted molar refractivity (Wildman–Crippen MR) is 79.1 cm³/mol. The second-order valence-electron chi connectivity index (χ2n) is 6.74. The van der Waals surface area contributed by atoms with Gasteiger partial charge < -0.3 is 5.32 Å². The molecule has 1 aromatic rings. The number of hydrogen-bond acceptors (Lipinski definition) is 3. The summed E-state index contributed by atoms with van der Waals surface area (Å²) in [7, 11) is 0. The van der Waals surface area contributed by atoms with Crippen LogP contribution in [0.15, 0.2) is 6.20 Å². The molecule has 102 valence electrons.